The van der Waals surface area contributed by atoms with E-state index in [1.807, 2.05) is 109 Å². The molecule has 2 N–H and O–H groups in total. The minimum absolute atomic E-state index is 0.0437. The molecule has 20 heteroatoms. The van der Waals surface area contributed by atoms with Crippen LogP contribution in [0.4, 0.5) is 22.7 Å². The lowest BCUT2D eigenvalue weighted by molar-refractivity contribution is -0.401. The maximum atomic E-state index is 14.2. The summed E-state index contributed by atoms with van der Waals surface area (Å²) in [5.74, 6) is -0.651. The summed E-state index contributed by atoms with van der Waals surface area (Å²) in [6, 6.07) is 27.7. The molecule has 5 atom stereocenters. The van der Waals surface area contributed by atoms with Gasteiger partial charge in [0.25, 0.3) is 16.0 Å². The van der Waals surface area contributed by atoms with Crippen molar-refractivity contribution in [1.82, 2.24) is 5.32 Å². The molecule has 0 saturated heterocycles. The highest BCUT2D eigenvalue weighted by molar-refractivity contribution is 8.77. The number of benzene rings is 5. The predicted octanol–water partition coefficient (Wildman–Crippen LogP) is 10.2. The fourth-order valence-electron chi connectivity index (χ4n) is 11.3. The second-order valence-corrected chi connectivity index (χ2v) is 27.6. The summed E-state index contributed by atoms with van der Waals surface area (Å²) in [6.07, 6.45) is 7.01. The van der Waals surface area contributed by atoms with E-state index in [1.165, 1.54) is 28.7 Å². The fourth-order valence-corrected chi connectivity index (χ4v) is 15.3. The summed E-state index contributed by atoms with van der Waals surface area (Å²) in [7, 11) is 3.37. The first-order valence-electron chi connectivity index (χ1n) is 28.4. The van der Waals surface area contributed by atoms with Crippen LogP contribution in [0.15, 0.2) is 91.0 Å². The second-order valence-electron chi connectivity index (χ2n) is 22.6. The highest BCUT2D eigenvalue weighted by atomic mass is 33.1. The highest BCUT2D eigenvalue weighted by Crippen LogP contribution is 2.43. The van der Waals surface area contributed by atoms with Gasteiger partial charge in [-0.2, -0.15) is 8.42 Å². The summed E-state index contributed by atoms with van der Waals surface area (Å²) in [5, 5.41) is 4.57. The number of aryl methyl sites for hydroxylation is 2. The molecule has 4 aliphatic rings. The SMILES string of the molecule is CCC(=O)C(CCSSC(C)(C)CCC(=O)N[C@@H](C)C(=O)C[C@H](C)C(=O)Nc1cc(COc2cc3c(cc2C)C(=O)N2c4ccccc4C[C@H]2[C-]=[N+]3C)cc(COc2cc3c(cc2OC)C(=O)N2c4ccccc4C[C@H]2CC3)c1)S(=O)(=O)OC. The number of rotatable bonds is 25. The predicted molar refractivity (Wildman–Crippen MR) is 328 cm³/mol. The van der Waals surface area contributed by atoms with Gasteiger partial charge < -0.3 is 39.2 Å². The van der Waals surface area contributed by atoms with Crippen molar-refractivity contribution in [2.45, 2.75) is 141 Å². The molecule has 1 unspecified atom stereocenters. The molecule has 0 aliphatic carbocycles. The number of anilines is 3. The van der Waals surface area contributed by atoms with Gasteiger partial charge in [-0.05, 0) is 148 Å². The zero-order valence-corrected chi connectivity index (χ0v) is 51.4. The van der Waals surface area contributed by atoms with Crippen molar-refractivity contribution >= 4 is 95.9 Å². The van der Waals surface area contributed by atoms with Crippen molar-refractivity contribution in [2.24, 2.45) is 5.92 Å². The van der Waals surface area contributed by atoms with E-state index in [2.05, 4.69) is 27.1 Å². The van der Waals surface area contributed by atoms with Gasteiger partial charge in [-0.15, -0.1) is 0 Å². The van der Waals surface area contributed by atoms with Gasteiger partial charge in [0.05, 0.1) is 25.9 Å². The molecule has 0 radical (unpaired) electrons. The first kappa shape index (κ1) is 61.6. The first-order valence-corrected chi connectivity index (χ1v) is 32.2. The van der Waals surface area contributed by atoms with Crippen molar-refractivity contribution in [3.63, 3.8) is 0 Å². The summed E-state index contributed by atoms with van der Waals surface area (Å²) >= 11 is 0. The Kier molecular flexibility index (Phi) is 19.1. The zero-order chi connectivity index (χ0) is 60.2. The van der Waals surface area contributed by atoms with Crippen LogP contribution in [-0.2, 0) is 66.0 Å². The van der Waals surface area contributed by atoms with E-state index in [1.54, 1.807) is 39.0 Å². The zero-order valence-electron chi connectivity index (χ0n) is 49.0. The van der Waals surface area contributed by atoms with Gasteiger partial charge in [-0.1, -0.05) is 77.9 Å². The lowest BCUT2D eigenvalue weighted by atomic mass is 9.99. The van der Waals surface area contributed by atoms with Gasteiger partial charge in [-0.25, -0.2) is 0 Å². The van der Waals surface area contributed by atoms with E-state index in [0.717, 1.165) is 53.6 Å². The number of hydrogen-bond donors (Lipinski definition) is 2. The number of para-hydroxylation sites is 2. The van der Waals surface area contributed by atoms with Crippen LogP contribution < -0.4 is 34.6 Å². The number of carbonyl (C=O) groups is 6. The van der Waals surface area contributed by atoms with Crippen LogP contribution in [0.3, 0.4) is 0 Å². The smallest absolute Gasteiger partial charge is 0.277 e. The average molecular weight is 1200 g/mol. The number of nitrogens with zero attached hydrogens (tertiary/aromatic N) is 3. The van der Waals surface area contributed by atoms with E-state index in [0.29, 0.717) is 75.9 Å². The molecule has 0 bridgehead atoms. The Morgan fingerprint density at radius 2 is 1.46 bits per heavy atom. The standard InChI is InChI=1S/C64H73N5O12S3/c1-10-54(70)59(84(76,77)79-9)22-24-82-83-64(5,6)23-21-60(72)65-40(4)55(71)26-39(3)61(73)66-46-28-41(36-80-56-34-53-50(25-38(56)2)63(75)69-48(35-67(53)7)31-45-16-12-14-18-52(45)69)27-42(29-46)37-81-58-32-43-19-20-47-30-44-15-11-13-17-51(44)68(47)62(74)49(43)33-57(58)78-8/h11-18,25,27-29,32-34,39-40,47-48,59H,10,19-24,26,30-31,36-37H2,1-9H3,(H,65,72)(H,66,73)/t39-,40-,47+,48-,59?/m0/s1. The Morgan fingerprint density at radius 1 is 0.810 bits per heavy atom. The normalized spacial score (nSPS) is 17.2. The van der Waals surface area contributed by atoms with Gasteiger partial charge >= 0.3 is 0 Å². The number of carbonyl (C=O) groups excluding carboxylic acids is 6. The molecule has 5 aromatic rings. The Bertz CT molecular complexity index is 3550. The highest BCUT2D eigenvalue weighted by Gasteiger charge is 2.39. The van der Waals surface area contributed by atoms with Crippen LogP contribution in [0.1, 0.15) is 127 Å². The number of ether oxygens (including phenoxy) is 3. The molecule has 0 saturated carbocycles. The van der Waals surface area contributed by atoms with Crippen LogP contribution in [0.5, 0.6) is 17.2 Å². The van der Waals surface area contributed by atoms with Crippen LogP contribution in [-0.4, -0.2) is 110 Å². The Labute approximate surface area is 500 Å². The quantitative estimate of drug-likeness (QED) is 0.0183. The number of ketones is 2. The van der Waals surface area contributed by atoms with Crippen molar-refractivity contribution in [1.29, 1.82) is 0 Å². The third kappa shape index (κ3) is 13.7. The van der Waals surface area contributed by atoms with Crippen molar-refractivity contribution in [3.05, 3.63) is 136 Å². The minimum atomic E-state index is -4.01. The van der Waals surface area contributed by atoms with Gasteiger partial charge in [0.1, 0.15) is 31.3 Å². The van der Waals surface area contributed by atoms with E-state index in [-0.39, 0.29) is 74.5 Å². The molecule has 5 aromatic carbocycles. The lowest BCUT2D eigenvalue weighted by Crippen LogP contribution is -2.40. The fraction of sp³-hybridized carbons (Fsp3) is 0.422. The van der Waals surface area contributed by atoms with Crippen LogP contribution in [0.2, 0.25) is 0 Å². The topological polar surface area (TPSA) is 207 Å². The van der Waals surface area contributed by atoms with Crippen LogP contribution in [0, 0.1) is 12.8 Å². The molecule has 444 valence electrons. The first-order chi connectivity index (χ1) is 40.1. The molecule has 0 spiro atoms. The maximum absolute atomic E-state index is 14.2. The monoisotopic (exact) mass is 1200 g/mol. The summed E-state index contributed by atoms with van der Waals surface area (Å²) < 4.78 is 49.7. The summed E-state index contributed by atoms with van der Waals surface area (Å²) in [4.78, 5) is 85.2. The number of fused-ring (bicyclic) bond motifs is 8. The van der Waals surface area contributed by atoms with E-state index >= 15 is 0 Å². The number of nitrogens with one attached hydrogen (secondary N) is 2. The van der Waals surface area contributed by atoms with Crippen molar-refractivity contribution < 1.29 is 60.2 Å². The molecular weight excluding hydrogens is 1130 g/mol. The van der Waals surface area contributed by atoms with E-state index in [9.17, 15) is 37.2 Å². The van der Waals surface area contributed by atoms with Crippen LogP contribution in [0.25, 0.3) is 0 Å². The summed E-state index contributed by atoms with van der Waals surface area (Å²) in [6.45, 7) is 10.8. The van der Waals surface area contributed by atoms with Crippen molar-refractivity contribution in [2.75, 3.05) is 42.1 Å². The van der Waals surface area contributed by atoms with E-state index in [4.69, 9.17) is 14.2 Å². The third-order valence-electron chi connectivity index (χ3n) is 16.0. The van der Waals surface area contributed by atoms with Crippen molar-refractivity contribution in [3.8, 4) is 17.2 Å². The Morgan fingerprint density at radius 3 is 2.14 bits per heavy atom. The molecule has 4 aliphatic heterocycles. The molecule has 17 nitrogen and oxygen atoms in total. The molecule has 4 heterocycles. The third-order valence-corrected chi connectivity index (χ3v) is 21.0. The number of amides is 4. The molecule has 9 rings (SSSR count). The Balaban J connectivity index is 0.872. The summed E-state index contributed by atoms with van der Waals surface area (Å²) in [5.41, 5.74) is 9.25. The van der Waals surface area contributed by atoms with Gasteiger partial charge in [0, 0.05) is 82.2 Å². The van der Waals surface area contributed by atoms with Gasteiger partial charge in [-0.3, -0.25) is 33.0 Å². The number of hydrogen-bond acceptors (Lipinski definition) is 14. The molecule has 84 heavy (non-hydrogen) atoms. The maximum Gasteiger partial charge on any atom is 0.277 e. The number of Topliss-reactive ketones (excluding diaryl/α,β-unsaturated/α-hetero) is 2. The second kappa shape index (κ2) is 26.1. The van der Waals surface area contributed by atoms with Gasteiger partial charge in [0.15, 0.2) is 23.1 Å². The van der Waals surface area contributed by atoms with Gasteiger partial charge in [0.2, 0.25) is 17.7 Å². The minimum Gasteiger partial charge on any atom is -0.493 e. The average Bonchev–Trinajstić information content (AvgIpc) is 2.38. The Hall–Kier alpha value is -7.00. The number of methoxy groups -OCH3 is 1. The van der Waals surface area contributed by atoms with E-state index < -0.39 is 43.8 Å². The molecule has 4 amide bonds. The van der Waals surface area contributed by atoms with Crippen LogP contribution >= 0.6 is 21.6 Å². The molecule has 0 aromatic heterocycles. The lowest BCUT2D eigenvalue weighted by Gasteiger charge is -2.24. The largest absolute Gasteiger partial charge is 0.493 e. The molecular formula is C64H73N5O12S3. The molecule has 0 fully saturated rings.